The summed E-state index contributed by atoms with van der Waals surface area (Å²) < 4.78 is 34.7. The summed E-state index contributed by atoms with van der Waals surface area (Å²) >= 11 is 0. The van der Waals surface area contributed by atoms with Crippen LogP contribution in [0.5, 0.6) is 5.75 Å². The number of benzene rings is 1. The Kier molecular flexibility index (Phi) is 5.18. The van der Waals surface area contributed by atoms with Crippen LogP contribution in [0.25, 0.3) is 0 Å². The summed E-state index contributed by atoms with van der Waals surface area (Å²) in [6.07, 6.45) is -0.0757. The third-order valence-corrected chi connectivity index (χ3v) is 3.45. The molecule has 0 unspecified atom stereocenters. The molecule has 1 aliphatic heterocycles. The summed E-state index contributed by atoms with van der Waals surface area (Å²) in [7, 11) is 0. The summed E-state index contributed by atoms with van der Waals surface area (Å²) in [4.78, 5) is 14.0. The van der Waals surface area contributed by atoms with Gasteiger partial charge in [-0.2, -0.15) is 8.78 Å². The first-order valence-corrected chi connectivity index (χ1v) is 7.12. The number of carbonyl (C=O) groups is 1. The Morgan fingerprint density at radius 2 is 2.00 bits per heavy atom. The molecule has 1 heterocycles. The average Bonchev–Trinajstić information content (AvgIpc) is 2.41. The van der Waals surface area contributed by atoms with Crippen LogP contribution >= 0.6 is 0 Å². The predicted molar refractivity (Wildman–Crippen MR) is 78.4 cm³/mol. The monoisotopic (exact) mass is 314 g/mol. The lowest BCUT2D eigenvalue weighted by molar-refractivity contribution is -0.0531. The smallest absolute Gasteiger partial charge is 0.387 e. The number of halogens is 2. The minimum atomic E-state index is -2.90. The highest BCUT2D eigenvalue weighted by atomic mass is 19.3. The molecular formula is C15H20F2N2O3. The third-order valence-electron chi connectivity index (χ3n) is 3.45. The molecule has 1 aromatic carbocycles. The first-order valence-electron chi connectivity index (χ1n) is 7.12. The van der Waals surface area contributed by atoms with Crippen LogP contribution in [0, 0.1) is 6.92 Å². The SMILES string of the molecule is Cc1c(NC(=O)N2C[C@@H](C)O[C@@H](C)C2)cccc1OC(F)F. The molecule has 1 aliphatic rings. The minimum absolute atomic E-state index is 0.0379. The number of hydrogen-bond donors (Lipinski definition) is 1. The number of nitrogens with zero attached hydrogens (tertiary/aromatic N) is 1. The quantitative estimate of drug-likeness (QED) is 0.932. The highest BCUT2D eigenvalue weighted by Crippen LogP contribution is 2.27. The second-order valence-electron chi connectivity index (χ2n) is 5.40. The average molecular weight is 314 g/mol. The van der Waals surface area contributed by atoms with Crippen molar-refractivity contribution in [3.63, 3.8) is 0 Å². The fourth-order valence-corrected chi connectivity index (χ4v) is 2.51. The lowest BCUT2D eigenvalue weighted by Gasteiger charge is -2.35. The Bertz CT molecular complexity index is 530. The molecule has 2 rings (SSSR count). The van der Waals surface area contributed by atoms with Crippen molar-refractivity contribution in [1.29, 1.82) is 0 Å². The highest BCUT2D eigenvalue weighted by molar-refractivity contribution is 5.90. The molecule has 1 aromatic rings. The maximum atomic E-state index is 12.3. The van der Waals surface area contributed by atoms with E-state index in [1.54, 1.807) is 24.0 Å². The number of anilines is 1. The Morgan fingerprint density at radius 1 is 1.36 bits per heavy atom. The second kappa shape index (κ2) is 6.91. The number of carbonyl (C=O) groups excluding carboxylic acids is 1. The summed E-state index contributed by atoms with van der Waals surface area (Å²) in [5.74, 6) is 0.0523. The predicted octanol–water partition coefficient (Wildman–Crippen LogP) is 3.24. The Balaban J connectivity index is 2.08. The number of alkyl halides is 2. The first kappa shape index (κ1) is 16.5. The number of morpholine rings is 1. The van der Waals surface area contributed by atoms with Crippen molar-refractivity contribution in [3.8, 4) is 5.75 Å². The van der Waals surface area contributed by atoms with Gasteiger partial charge in [0.05, 0.1) is 12.2 Å². The van der Waals surface area contributed by atoms with Gasteiger partial charge in [0.1, 0.15) is 5.75 Å². The van der Waals surface area contributed by atoms with E-state index in [4.69, 9.17) is 4.74 Å². The van der Waals surface area contributed by atoms with Crippen LogP contribution in [0.15, 0.2) is 18.2 Å². The zero-order chi connectivity index (χ0) is 16.3. The van der Waals surface area contributed by atoms with Crippen LogP contribution < -0.4 is 10.1 Å². The molecule has 2 atom stereocenters. The van der Waals surface area contributed by atoms with Crippen molar-refractivity contribution < 1.29 is 23.0 Å². The van der Waals surface area contributed by atoms with Gasteiger partial charge < -0.3 is 19.7 Å². The zero-order valence-corrected chi connectivity index (χ0v) is 12.8. The molecule has 7 heteroatoms. The summed E-state index contributed by atoms with van der Waals surface area (Å²) in [6.45, 7) is 3.50. The van der Waals surface area contributed by atoms with Crippen LogP contribution in [0.1, 0.15) is 19.4 Å². The van der Waals surface area contributed by atoms with E-state index in [1.165, 1.54) is 6.07 Å². The van der Waals surface area contributed by atoms with E-state index in [-0.39, 0.29) is 24.0 Å². The molecule has 0 saturated carbocycles. The van der Waals surface area contributed by atoms with Crippen molar-refractivity contribution in [2.45, 2.75) is 39.6 Å². The number of nitrogens with one attached hydrogen (secondary N) is 1. The molecule has 122 valence electrons. The number of amides is 2. The van der Waals surface area contributed by atoms with Crippen molar-refractivity contribution in [3.05, 3.63) is 23.8 Å². The van der Waals surface area contributed by atoms with Gasteiger partial charge in [-0.25, -0.2) is 4.79 Å². The van der Waals surface area contributed by atoms with Gasteiger partial charge in [0.25, 0.3) is 0 Å². The molecule has 0 spiro atoms. The van der Waals surface area contributed by atoms with Crippen LogP contribution in [0.2, 0.25) is 0 Å². The molecule has 22 heavy (non-hydrogen) atoms. The van der Waals surface area contributed by atoms with Crippen molar-refractivity contribution >= 4 is 11.7 Å². The lowest BCUT2D eigenvalue weighted by Crippen LogP contribution is -2.49. The van der Waals surface area contributed by atoms with Crippen LogP contribution in [-0.2, 0) is 4.74 Å². The Morgan fingerprint density at radius 3 is 2.59 bits per heavy atom. The maximum Gasteiger partial charge on any atom is 0.387 e. The minimum Gasteiger partial charge on any atom is -0.434 e. The molecule has 0 aliphatic carbocycles. The normalized spacial score (nSPS) is 21.8. The Labute approximate surface area is 128 Å². The number of hydrogen-bond acceptors (Lipinski definition) is 3. The maximum absolute atomic E-state index is 12.3. The fourth-order valence-electron chi connectivity index (χ4n) is 2.51. The van der Waals surface area contributed by atoms with Crippen LogP contribution in [0.3, 0.4) is 0 Å². The van der Waals surface area contributed by atoms with Crippen molar-refractivity contribution in [2.75, 3.05) is 18.4 Å². The standard InChI is InChI=1S/C15H20F2N2O3/c1-9-7-19(8-10(2)21-9)15(20)18-12-5-4-6-13(11(12)3)22-14(16)17/h4-6,9-10,14H,7-8H2,1-3H3,(H,18,20)/t9-,10+. The van der Waals surface area contributed by atoms with E-state index in [2.05, 4.69) is 10.1 Å². The largest absolute Gasteiger partial charge is 0.434 e. The first-order chi connectivity index (χ1) is 10.4. The van der Waals surface area contributed by atoms with E-state index < -0.39 is 6.61 Å². The molecular weight excluding hydrogens is 294 g/mol. The van der Waals surface area contributed by atoms with Crippen molar-refractivity contribution in [2.24, 2.45) is 0 Å². The topological polar surface area (TPSA) is 50.8 Å². The van der Waals surface area contributed by atoms with E-state index in [9.17, 15) is 13.6 Å². The van der Waals surface area contributed by atoms with Gasteiger partial charge in [-0.05, 0) is 32.9 Å². The van der Waals surface area contributed by atoms with Gasteiger partial charge in [-0.1, -0.05) is 6.07 Å². The summed E-state index contributed by atoms with van der Waals surface area (Å²) in [5, 5.41) is 2.74. The van der Waals surface area contributed by atoms with E-state index in [0.717, 1.165) is 0 Å². The Hall–Kier alpha value is -1.89. The van der Waals surface area contributed by atoms with Crippen LogP contribution in [0.4, 0.5) is 19.3 Å². The molecule has 5 nitrogen and oxygen atoms in total. The van der Waals surface area contributed by atoms with Gasteiger partial charge >= 0.3 is 12.6 Å². The molecule has 0 aromatic heterocycles. The lowest BCUT2D eigenvalue weighted by atomic mass is 10.2. The molecule has 1 saturated heterocycles. The zero-order valence-electron chi connectivity index (χ0n) is 12.8. The highest BCUT2D eigenvalue weighted by Gasteiger charge is 2.26. The van der Waals surface area contributed by atoms with Crippen LogP contribution in [-0.4, -0.2) is 42.8 Å². The molecule has 0 bridgehead atoms. The van der Waals surface area contributed by atoms with Gasteiger partial charge in [-0.3, -0.25) is 0 Å². The fraction of sp³-hybridized carbons (Fsp3) is 0.533. The van der Waals surface area contributed by atoms with E-state index >= 15 is 0 Å². The van der Waals surface area contributed by atoms with E-state index in [1.807, 2.05) is 13.8 Å². The summed E-state index contributed by atoms with van der Waals surface area (Å²) in [5.41, 5.74) is 0.917. The van der Waals surface area contributed by atoms with Gasteiger partial charge in [-0.15, -0.1) is 0 Å². The molecule has 1 fully saturated rings. The molecule has 2 amide bonds. The van der Waals surface area contributed by atoms with Gasteiger partial charge in [0, 0.05) is 24.3 Å². The number of ether oxygens (including phenoxy) is 2. The van der Waals surface area contributed by atoms with Crippen molar-refractivity contribution in [1.82, 2.24) is 4.90 Å². The third kappa shape index (κ3) is 4.07. The van der Waals surface area contributed by atoms with Gasteiger partial charge in [0.2, 0.25) is 0 Å². The summed E-state index contributed by atoms with van der Waals surface area (Å²) in [6, 6.07) is 4.37. The second-order valence-corrected chi connectivity index (χ2v) is 5.40. The number of rotatable bonds is 3. The number of urea groups is 1. The van der Waals surface area contributed by atoms with Gasteiger partial charge in [0.15, 0.2) is 0 Å². The van der Waals surface area contributed by atoms with E-state index in [0.29, 0.717) is 24.3 Å². The molecule has 0 radical (unpaired) electrons. The molecule has 1 N–H and O–H groups in total.